The molecule has 0 fully saturated rings. The first-order chi connectivity index (χ1) is 10.8. The maximum Gasteiger partial charge on any atom is 0.226 e. The van der Waals surface area contributed by atoms with E-state index in [0.717, 1.165) is 5.69 Å². The lowest BCUT2D eigenvalue weighted by molar-refractivity contribution is -0.131. The summed E-state index contributed by atoms with van der Waals surface area (Å²) in [5, 5.41) is 12.1. The molecule has 8 nitrogen and oxygen atoms in total. The minimum atomic E-state index is -0.800. The van der Waals surface area contributed by atoms with Crippen molar-refractivity contribution in [2.24, 2.45) is 17.4 Å². The summed E-state index contributed by atoms with van der Waals surface area (Å²) in [6.45, 7) is 3.28. The van der Waals surface area contributed by atoms with Gasteiger partial charge in [-0.05, 0) is 20.3 Å². The van der Waals surface area contributed by atoms with Crippen molar-refractivity contribution < 1.29 is 14.7 Å². The average Bonchev–Trinajstić information content (AvgIpc) is 2.95. The first-order valence-corrected chi connectivity index (χ1v) is 7.75. The predicted molar refractivity (Wildman–Crippen MR) is 86.3 cm³/mol. The van der Waals surface area contributed by atoms with Crippen molar-refractivity contribution in [3.8, 4) is 0 Å². The zero-order chi connectivity index (χ0) is 17.4. The molecule has 4 atom stereocenters. The molecule has 7 N–H and O–H groups in total. The molecule has 0 aliphatic heterocycles. The second kappa shape index (κ2) is 9.39. The number of nitrogens with zero attached hydrogens (tertiary/aromatic N) is 1. The van der Waals surface area contributed by atoms with E-state index in [1.54, 1.807) is 6.20 Å². The highest BCUT2D eigenvalue weighted by Crippen LogP contribution is 2.09. The summed E-state index contributed by atoms with van der Waals surface area (Å²) >= 11 is 0. The van der Waals surface area contributed by atoms with Crippen LogP contribution < -0.4 is 16.8 Å². The van der Waals surface area contributed by atoms with Gasteiger partial charge in [0, 0.05) is 36.8 Å². The van der Waals surface area contributed by atoms with Gasteiger partial charge >= 0.3 is 0 Å². The molecule has 0 aliphatic rings. The maximum atomic E-state index is 12.1. The molecular formula is C15H27N5O3. The van der Waals surface area contributed by atoms with Crippen LogP contribution in [0.3, 0.4) is 0 Å². The van der Waals surface area contributed by atoms with E-state index >= 15 is 0 Å². The molecule has 1 heterocycles. The number of aliphatic hydroxyl groups is 1. The Bertz CT molecular complexity index is 489. The summed E-state index contributed by atoms with van der Waals surface area (Å²) < 4.78 is 0. The molecule has 0 saturated heterocycles. The van der Waals surface area contributed by atoms with Crippen molar-refractivity contribution in [1.29, 1.82) is 0 Å². The number of carbonyl (C=O) groups is 2. The molecule has 0 aliphatic carbocycles. The lowest BCUT2D eigenvalue weighted by Gasteiger charge is -2.20. The Labute approximate surface area is 136 Å². The van der Waals surface area contributed by atoms with Gasteiger partial charge < -0.3 is 26.9 Å². The van der Waals surface area contributed by atoms with Crippen molar-refractivity contribution in [3.05, 3.63) is 18.2 Å². The predicted octanol–water partition coefficient (Wildman–Crippen LogP) is -0.911. The minimum absolute atomic E-state index is 0.0395. The van der Waals surface area contributed by atoms with E-state index < -0.39 is 18.6 Å². The van der Waals surface area contributed by atoms with Gasteiger partial charge in [0.15, 0.2) is 5.78 Å². The Hall–Kier alpha value is -1.77. The number of aromatic amines is 1. The van der Waals surface area contributed by atoms with Gasteiger partial charge in [-0.25, -0.2) is 4.98 Å². The number of aromatic nitrogens is 2. The Morgan fingerprint density at radius 2 is 2.09 bits per heavy atom. The first-order valence-electron chi connectivity index (χ1n) is 7.75. The second-order valence-electron chi connectivity index (χ2n) is 6.06. The van der Waals surface area contributed by atoms with Gasteiger partial charge in [0.05, 0.1) is 24.9 Å². The number of ketones is 1. The zero-order valence-electron chi connectivity index (χ0n) is 13.7. The minimum Gasteiger partial charge on any atom is -0.396 e. The van der Waals surface area contributed by atoms with Crippen molar-refractivity contribution in [2.45, 2.75) is 51.2 Å². The molecule has 1 unspecified atom stereocenters. The van der Waals surface area contributed by atoms with E-state index in [1.165, 1.54) is 6.33 Å². The molecule has 0 radical (unpaired) electrons. The van der Waals surface area contributed by atoms with Crippen LogP contribution in [0.25, 0.3) is 0 Å². The lowest BCUT2D eigenvalue weighted by Crippen LogP contribution is -2.43. The Kier molecular flexibility index (Phi) is 7.87. The molecule has 23 heavy (non-hydrogen) atoms. The Morgan fingerprint density at radius 3 is 2.61 bits per heavy atom. The molecule has 1 aromatic heterocycles. The normalized spacial score (nSPS) is 16.4. The van der Waals surface area contributed by atoms with Gasteiger partial charge in [0.25, 0.3) is 0 Å². The third kappa shape index (κ3) is 6.89. The van der Waals surface area contributed by atoms with E-state index in [1.807, 2.05) is 13.8 Å². The molecular weight excluding hydrogens is 298 g/mol. The van der Waals surface area contributed by atoms with Crippen molar-refractivity contribution in [3.63, 3.8) is 0 Å². The SMILES string of the molecule is CC(N)C[C@@H](C)NC(=O)[C@H](CO)CC(=O)[C@@H](N)Cc1cnc[nH]1. The van der Waals surface area contributed by atoms with Crippen LogP contribution in [0.15, 0.2) is 12.5 Å². The number of nitrogens with one attached hydrogen (secondary N) is 2. The van der Waals surface area contributed by atoms with Gasteiger partial charge in [0.2, 0.25) is 5.91 Å². The molecule has 0 aromatic carbocycles. The number of amides is 1. The van der Waals surface area contributed by atoms with Crippen LogP contribution >= 0.6 is 0 Å². The molecule has 1 aromatic rings. The number of hydrogen-bond donors (Lipinski definition) is 5. The van der Waals surface area contributed by atoms with Gasteiger partial charge in [-0.3, -0.25) is 9.59 Å². The highest BCUT2D eigenvalue weighted by Gasteiger charge is 2.25. The number of rotatable bonds is 10. The van der Waals surface area contributed by atoms with Crippen LogP contribution in [-0.4, -0.2) is 51.5 Å². The van der Waals surface area contributed by atoms with Gasteiger partial charge in [0.1, 0.15) is 0 Å². The third-order valence-electron chi connectivity index (χ3n) is 3.56. The quantitative estimate of drug-likeness (QED) is 0.376. The summed E-state index contributed by atoms with van der Waals surface area (Å²) in [7, 11) is 0. The van der Waals surface area contributed by atoms with E-state index in [2.05, 4.69) is 15.3 Å². The van der Waals surface area contributed by atoms with Crippen molar-refractivity contribution >= 4 is 11.7 Å². The Balaban J connectivity index is 2.50. The monoisotopic (exact) mass is 325 g/mol. The van der Waals surface area contributed by atoms with Crippen LogP contribution in [0.4, 0.5) is 0 Å². The number of nitrogens with two attached hydrogens (primary N) is 2. The molecule has 130 valence electrons. The van der Waals surface area contributed by atoms with Crippen molar-refractivity contribution in [2.75, 3.05) is 6.61 Å². The van der Waals surface area contributed by atoms with Crippen LogP contribution in [0.1, 0.15) is 32.4 Å². The lowest BCUT2D eigenvalue weighted by atomic mass is 9.96. The van der Waals surface area contributed by atoms with Crippen LogP contribution in [0.2, 0.25) is 0 Å². The molecule has 0 saturated carbocycles. The third-order valence-corrected chi connectivity index (χ3v) is 3.56. The number of carbonyl (C=O) groups excluding carboxylic acids is 2. The summed E-state index contributed by atoms with van der Waals surface area (Å²) in [6.07, 6.45) is 3.95. The number of hydrogen-bond acceptors (Lipinski definition) is 6. The highest BCUT2D eigenvalue weighted by atomic mass is 16.3. The molecule has 0 bridgehead atoms. The number of H-pyrrole nitrogens is 1. The fourth-order valence-electron chi connectivity index (χ4n) is 2.36. The van der Waals surface area contributed by atoms with Crippen LogP contribution in [0, 0.1) is 5.92 Å². The standard InChI is InChI=1S/C15H27N5O3/c1-9(16)3-10(2)20-15(23)11(7-21)4-14(22)13(17)5-12-6-18-8-19-12/h6,8-11,13,21H,3-5,7,16-17H2,1-2H3,(H,18,19)(H,20,23)/t9?,10-,11+,13+/m1/s1. The number of Topliss-reactive ketones (excluding diaryl/α,β-unsaturated/α-hetero) is 1. The summed E-state index contributed by atoms with van der Waals surface area (Å²) in [6, 6.07) is -0.897. The van der Waals surface area contributed by atoms with E-state index in [-0.39, 0.29) is 30.2 Å². The molecule has 1 rings (SSSR count). The average molecular weight is 325 g/mol. The molecule has 1 amide bonds. The van der Waals surface area contributed by atoms with Crippen molar-refractivity contribution in [1.82, 2.24) is 15.3 Å². The first kappa shape index (κ1) is 19.3. The second-order valence-corrected chi connectivity index (χ2v) is 6.06. The summed E-state index contributed by atoms with van der Waals surface area (Å²) in [5.41, 5.74) is 12.3. The molecule has 0 spiro atoms. The Morgan fingerprint density at radius 1 is 1.39 bits per heavy atom. The van der Waals surface area contributed by atoms with Crippen LogP contribution in [0.5, 0.6) is 0 Å². The zero-order valence-corrected chi connectivity index (χ0v) is 13.7. The fourth-order valence-corrected chi connectivity index (χ4v) is 2.36. The largest absolute Gasteiger partial charge is 0.396 e. The topological polar surface area (TPSA) is 147 Å². The van der Waals surface area contributed by atoms with Gasteiger partial charge in [-0.1, -0.05) is 0 Å². The number of aliphatic hydroxyl groups excluding tert-OH is 1. The maximum absolute atomic E-state index is 12.1. The van der Waals surface area contributed by atoms with Gasteiger partial charge in [-0.15, -0.1) is 0 Å². The van der Waals surface area contributed by atoms with Crippen LogP contribution in [-0.2, 0) is 16.0 Å². The molecule has 8 heteroatoms. The summed E-state index contributed by atoms with van der Waals surface area (Å²) in [5.74, 6) is -1.43. The van der Waals surface area contributed by atoms with E-state index in [0.29, 0.717) is 12.8 Å². The van der Waals surface area contributed by atoms with Gasteiger partial charge in [-0.2, -0.15) is 0 Å². The highest BCUT2D eigenvalue weighted by molar-refractivity contribution is 5.89. The fraction of sp³-hybridized carbons (Fsp3) is 0.667. The number of imidazole rings is 1. The van der Waals surface area contributed by atoms with E-state index in [4.69, 9.17) is 11.5 Å². The smallest absolute Gasteiger partial charge is 0.226 e. The summed E-state index contributed by atoms with van der Waals surface area (Å²) in [4.78, 5) is 31.0. The van der Waals surface area contributed by atoms with E-state index in [9.17, 15) is 14.7 Å².